The standard InChI is InChI=1S/C13H14N2/c14-8-2-1-4-11-6-7-12-5-3-9-15-13(12)10-11/h1,3-7,9-10H,2,8,14H2. The van der Waals surface area contributed by atoms with Crippen LogP contribution in [0.5, 0.6) is 0 Å². The zero-order valence-corrected chi connectivity index (χ0v) is 8.56. The number of pyridine rings is 1. The van der Waals surface area contributed by atoms with Gasteiger partial charge in [-0.1, -0.05) is 30.4 Å². The first-order valence-electron chi connectivity index (χ1n) is 5.11. The summed E-state index contributed by atoms with van der Waals surface area (Å²) < 4.78 is 0. The minimum Gasteiger partial charge on any atom is -0.330 e. The fraction of sp³-hybridized carbons (Fsp3) is 0.154. The number of benzene rings is 1. The van der Waals surface area contributed by atoms with Crippen LogP contribution in [-0.2, 0) is 0 Å². The largest absolute Gasteiger partial charge is 0.330 e. The molecule has 0 aliphatic rings. The molecule has 0 fully saturated rings. The van der Waals surface area contributed by atoms with Crippen LogP contribution in [0.2, 0.25) is 0 Å². The lowest BCUT2D eigenvalue weighted by molar-refractivity contribution is 1.01. The number of hydrogen-bond acceptors (Lipinski definition) is 2. The van der Waals surface area contributed by atoms with Gasteiger partial charge in [0.1, 0.15) is 0 Å². The summed E-state index contributed by atoms with van der Waals surface area (Å²) >= 11 is 0. The van der Waals surface area contributed by atoms with Crippen LogP contribution < -0.4 is 5.73 Å². The van der Waals surface area contributed by atoms with Crippen molar-refractivity contribution >= 4 is 17.0 Å². The molecule has 0 saturated heterocycles. The minimum absolute atomic E-state index is 0.697. The first kappa shape index (κ1) is 9.87. The molecule has 0 unspecified atom stereocenters. The summed E-state index contributed by atoms with van der Waals surface area (Å²) in [6, 6.07) is 10.3. The molecule has 0 radical (unpaired) electrons. The van der Waals surface area contributed by atoms with E-state index >= 15 is 0 Å². The minimum atomic E-state index is 0.697. The molecule has 1 aromatic heterocycles. The molecule has 15 heavy (non-hydrogen) atoms. The van der Waals surface area contributed by atoms with Crippen molar-refractivity contribution in [1.82, 2.24) is 4.98 Å². The Hall–Kier alpha value is -1.67. The Labute approximate surface area is 89.4 Å². The van der Waals surface area contributed by atoms with Crippen molar-refractivity contribution in [2.45, 2.75) is 6.42 Å². The maximum atomic E-state index is 5.42. The zero-order valence-electron chi connectivity index (χ0n) is 8.56. The Kier molecular flexibility index (Phi) is 3.10. The SMILES string of the molecule is NCCC=Cc1ccc2cccnc2c1. The molecule has 2 N–H and O–H groups in total. The highest BCUT2D eigenvalue weighted by Gasteiger charge is 1.93. The first-order valence-corrected chi connectivity index (χ1v) is 5.11. The van der Waals surface area contributed by atoms with Crippen LogP contribution >= 0.6 is 0 Å². The number of fused-ring (bicyclic) bond motifs is 1. The van der Waals surface area contributed by atoms with E-state index in [4.69, 9.17) is 5.73 Å². The molecular weight excluding hydrogens is 184 g/mol. The number of hydrogen-bond donors (Lipinski definition) is 1. The highest BCUT2D eigenvalue weighted by atomic mass is 14.6. The van der Waals surface area contributed by atoms with Crippen molar-refractivity contribution in [1.29, 1.82) is 0 Å². The molecule has 2 aromatic rings. The van der Waals surface area contributed by atoms with E-state index in [9.17, 15) is 0 Å². The molecule has 0 amide bonds. The predicted molar refractivity (Wildman–Crippen MR) is 64.4 cm³/mol. The van der Waals surface area contributed by atoms with E-state index in [1.807, 2.05) is 12.3 Å². The van der Waals surface area contributed by atoms with Gasteiger partial charge in [0.25, 0.3) is 0 Å². The Morgan fingerprint density at radius 2 is 2.20 bits per heavy atom. The third kappa shape index (κ3) is 2.42. The van der Waals surface area contributed by atoms with E-state index in [0.717, 1.165) is 11.9 Å². The second kappa shape index (κ2) is 4.71. The monoisotopic (exact) mass is 198 g/mol. The Bertz CT molecular complexity index is 475. The lowest BCUT2D eigenvalue weighted by Gasteiger charge is -1.97. The van der Waals surface area contributed by atoms with Gasteiger partial charge in [-0.05, 0) is 30.7 Å². The summed E-state index contributed by atoms with van der Waals surface area (Å²) in [7, 11) is 0. The smallest absolute Gasteiger partial charge is 0.0707 e. The van der Waals surface area contributed by atoms with Crippen LogP contribution in [0.25, 0.3) is 17.0 Å². The van der Waals surface area contributed by atoms with Crippen LogP contribution in [0.1, 0.15) is 12.0 Å². The molecular formula is C13H14N2. The molecule has 0 aliphatic heterocycles. The van der Waals surface area contributed by atoms with Gasteiger partial charge in [0, 0.05) is 11.6 Å². The average molecular weight is 198 g/mol. The van der Waals surface area contributed by atoms with Crippen molar-refractivity contribution < 1.29 is 0 Å². The number of aromatic nitrogens is 1. The molecule has 0 spiro atoms. The van der Waals surface area contributed by atoms with Crippen LogP contribution in [0.3, 0.4) is 0 Å². The molecule has 0 bridgehead atoms. The van der Waals surface area contributed by atoms with Crippen LogP contribution in [0.4, 0.5) is 0 Å². The third-order valence-electron chi connectivity index (χ3n) is 2.27. The van der Waals surface area contributed by atoms with Crippen molar-refractivity contribution in [3.8, 4) is 0 Å². The summed E-state index contributed by atoms with van der Waals surface area (Å²) in [5.41, 5.74) is 7.63. The summed E-state index contributed by atoms with van der Waals surface area (Å²) in [4.78, 5) is 4.31. The second-order valence-electron chi connectivity index (χ2n) is 3.44. The van der Waals surface area contributed by atoms with Crippen molar-refractivity contribution in [3.63, 3.8) is 0 Å². The van der Waals surface area contributed by atoms with E-state index in [-0.39, 0.29) is 0 Å². The number of nitrogens with zero attached hydrogens (tertiary/aromatic N) is 1. The van der Waals surface area contributed by atoms with E-state index in [1.165, 1.54) is 10.9 Å². The fourth-order valence-electron chi connectivity index (χ4n) is 1.50. The Morgan fingerprint density at radius 3 is 3.07 bits per heavy atom. The van der Waals surface area contributed by atoms with E-state index in [0.29, 0.717) is 6.54 Å². The van der Waals surface area contributed by atoms with Gasteiger partial charge in [0.05, 0.1) is 5.52 Å². The maximum absolute atomic E-state index is 5.42. The van der Waals surface area contributed by atoms with Crippen molar-refractivity contribution in [3.05, 3.63) is 48.2 Å². The van der Waals surface area contributed by atoms with Gasteiger partial charge in [-0.3, -0.25) is 4.98 Å². The average Bonchev–Trinajstić information content (AvgIpc) is 2.29. The molecule has 76 valence electrons. The lowest BCUT2D eigenvalue weighted by Crippen LogP contribution is -1.94. The highest BCUT2D eigenvalue weighted by molar-refractivity contribution is 5.80. The zero-order chi connectivity index (χ0) is 10.5. The van der Waals surface area contributed by atoms with E-state index < -0.39 is 0 Å². The van der Waals surface area contributed by atoms with E-state index in [1.54, 1.807) is 0 Å². The maximum Gasteiger partial charge on any atom is 0.0707 e. The highest BCUT2D eigenvalue weighted by Crippen LogP contribution is 2.14. The predicted octanol–water partition coefficient (Wildman–Crippen LogP) is 2.60. The number of nitrogens with two attached hydrogens (primary N) is 1. The van der Waals surface area contributed by atoms with Gasteiger partial charge in [-0.15, -0.1) is 0 Å². The van der Waals surface area contributed by atoms with Crippen LogP contribution in [0.15, 0.2) is 42.6 Å². The summed E-state index contributed by atoms with van der Waals surface area (Å²) in [5, 5.41) is 1.17. The van der Waals surface area contributed by atoms with Gasteiger partial charge in [0.2, 0.25) is 0 Å². The molecule has 2 heteroatoms. The molecule has 1 heterocycles. The molecule has 2 rings (SSSR count). The van der Waals surface area contributed by atoms with Gasteiger partial charge >= 0.3 is 0 Å². The first-order chi connectivity index (χ1) is 7.40. The second-order valence-corrected chi connectivity index (χ2v) is 3.44. The molecule has 0 atom stereocenters. The van der Waals surface area contributed by atoms with Gasteiger partial charge in [-0.25, -0.2) is 0 Å². The van der Waals surface area contributed by atoms with Gasteiger partial charge in [-0.2, -0.15) is 0 Å². The molecule has 1 aromatic carbocycles. The summed E-state index contributed by atoms with van der Waals surface area (Å²) in [6.45, 7) is 0.697. The quantitative estimate of drug-likeness (QED) is 0.823. The van der Waals surface area contributed by atoms with E-state index in [2.05, 4.69) is 41.4 Å². The Morgan fingerprint density at radius 1 is 1.27 bits per heavy atom. The summed E-state index contributed by atoms with van der Waals surface area (Å²) in [6.07, 6.45) is 6.90. The molecule has 2 nitrogen and oxygen atoms in total. The third-order valence-corrected chi connectivity index (χ3v) is 2.27. The lowest BCUT2D eigenvalue weighted by atomic mass is 10.1. The van der Waals surface area contributed by atoms with Gasteiger partial charge < -0.3 is 5.73 Å². The Balaban J connectivity index is 2.30. The number of rotatable bonds is 3. The van der Waals surface area contributed by atoms with Crippen molar-refractivity contribution in [2.24, 2.45) is 5.73 Å². The van der Waals surface area contributed by atoms with Crippen LogP contribution in [-0.4, -0.2) is 11.5 Å². The van der Waals surface area contributed by atoms with Crippen LogP contribution in [0, 0.1) is 0 Å². The fourth-order valence-corrected chi connectivity index (χ4v) is 1.50. The van der Waals surface area contributed by atoms with Gasteiger partial charge in [0.15, 0.2) is 0 Å². The van der Waals surface area contributed by atoms with Crippen molar-refractivity contribution in [2.75, 3.05) is 6.54 Å². The molecule has 0 saturated carbocycles. The topological polar surface area (TPSA) is 38.9 Å². The summed E-state index contributed by atoms with van der Waals surface area (Å²) in [5.74, 6) is 0. The normalized spacial score (nSPS) is 11.3. The molecule has 0 aliphatic carbocycles.